The molecule has 1 heterocycles. The van der Waals surface area contributed by atoms with Crippen molar-refractivity contribution >= 4 is 5.91 Å². The molecule has 1 amide bonds. The van der Waals surface area contributed by atoms with Gasteiger partial charge in [-0.25, -0.2) is 0 Å². The van der Waals surface area contributed by atoms with Crippen molar-refractivity contribution in [2.75, 3.05) is 0 Å². The highest BCUT2D eigenvalue weighted by atomic mass is 16.3. The summed E-state index contributed by atoms with van der Waals surface area (Å²) in [7, 11) is 0. The molecule has 0 aliphatic rings. The highest BCUT2D eigenvalue weighted by Gasteiger charge is 2.39. The number of aliphatic hydroxyl groups is 1. The Bertz CT molecular complexity index is 716. The second-order valence-corrected chi connectivity index (χ2v) is 5.21. The van der Waals surface area contributed by atoms with Crippen LogP contribution in [0.25, 0.3) is 0 Å². The number of benzene rings is 2. The standard InChI is InChI=1S/C18H17N3O2/c22-17(19-13-16-11-12-20-21-16)18(23,14-7-3-1-4-8-14)15-9-5-2-6-10-15/h1-12,23H,13H2,(H,19,22)(H,20,21). The fourth-order valence-corrected chi connectivity index (χ4v) is 2.47. The van der Waals surface area contributed by atoms with Gasteiger partial charge in [0.05, 0.1) is 12.2 Å². The van der Waals surface area contributed by atoms with Crippen LogP contribution in [0.3, 0.4) is 0 Å². The SMILES string of the molecule is O=C(NCc1ccn[nH]1)C(O)(c1ccccc1)c1ccccc1. The zero-order valence-corrected chi connectivity index (χ0v) is 12.4. The Hall–Kier alpha value is -2.92. The Morgan fingerprint density at radius 2 is 1.57 bits per heavy atom. The molecule has 3 rings (SSSR count). The fraction of sp³-hybridized carbons (Fsp3) is 0.111. The smallest absolute Gasteiger partial charge is 0.261 e. The molecule has 0 radical (unpaired) electrons. The number of nitrogens with one attached hydrogen (secondary N) is 2. The van der Waals surface area contributed by atoms with Crippen molar-refractivity contribution in [2.24, 2.45) is 0 Å². The van der Waals surface area contributed by atoms with Crippen LogP contribution in [0.5, 0.6) is 0 Å². The quantitative estimate of drug-likeness (QED) is 0.674. The number of hydrogen-bond acceptors (Lipinski definition) is 3. The van der Waals surface area contributed by atoms with E-state index in [4.69, 9.17) is 0 Å². The zero-order chi connectivity index (χ0) is 16.1. The first-order valence-electron chi connectivity index (χ1n) is 7.31. The summed E-state index contributed by atoms with van der Waals surface area (Å²) < 4.78 is 0. The average Bonchev–Trinajstić information content (AvgIpc) is 3.14. The molecule has 0 saturated carbocycles. The van der Waals surface area contributed by atoms with Gasteiger partial charge in [0.2, 0.25) is 0 Å². The van der Waals surface area contributed by atoms with Gasteiger partial charge in [0.15, 0.2) is 5.60 Å². The molecule has 0 unspecified atom stereocenters. The summed E-state index contributed by atoms with van der Waals surface area (Å²) in [6.45, 7) is 0.265. The minimum atomic E-state index is -1.75. The maximum atomic E-state index is 12.8. The third-order valence-electron chi connectivity index (χ3n) is 3.71. The van der Waals surface area contributed by atoms with Gasteiger partial charge in [-0.05, 0) is 17.2 Å². The van der Waals surface area contributed by atoms with Crippen LogP contribution in [0.4, 0.5) is 0 Å². The summed E-state index contributed by atoms with van der Waals surface area (Å²) in [5.74, 6) is -0.482. The molecule has 0 spiro atoms. The lowest BCUT2D eigenvalue weighted by Crippen LogP contribution is -2.45. The molecule has 0 aliphatic heterocycles. The summed E-state index contributed by atoms with van der Waals surface area (Å²) in [5, 5.41) is 20.6. The maximum Gasteiger partial charge on any atom is 0.261 e. The van der Waals surface area contributed by atoms with E-state index in [2.05, 4.69) is 15.5 Å². The van der Waals surface area contributed by atoms with Gasteiger partial charge in [0, 0.05) is 6.20 Å². The topological polar surface area (TPSA) is 78.0 Å². The van der Waals surface area contributed by atoms with Gasteiger partial charge in [-0.2, -0.15) is 5.10 Å². The van der Waals surface area contributed by atoms with Crippen LogP contribution in [0.2, 0.25) is 0 Å². The molecule has 3 N–H and O–H groups in total. The number of carbonyl (C=O) groups is 1. The molecule has 5 heteroatoms. The van der Waals surface area contributed by atoms with Crippen molar-refractivity contribution in [3.8, 4) is 0 Å². The van der Waals surface area contributed by atoms with Crippen molar-refractivity contribution in [3.63, 3.8) is 0 Å². The molecule has 0 fully saturated rings. The molecular formula is C18H17N3O2. The summed E-state index contributed by atoms with van der Waals surface area (Å²) >= 11 is 0. The van der Waals surface area contributed by atoms with Gasteiger partial charge in [0.1, 0.15) is 0 Å². The first-order valence-corrected chi connectivity index (χ1v) is 7.31. The lowest BCUT2D eigenvalue weighted by Gasteiger charge is -2.28. The van der Waals surface area contributed by atoms with Gasteiger partial charge in [-0.15, -0.1) is 0 Å². The van der Waals surface area contributed by atoms with E-state index in [0.29, 0.717) is 11.1 Å². The van der Waals surface area contributed by atoms with Gasteiger partial charge in [-0.1, -0.05) is 60.7 Å². The van der Waals surface area contributed by atoms with E-state index >= 15 is 0 Å². The first kappa shape index (κ1) is 15.0. The third kappa shape index (κ3) is 3.00. The number of nitrogens with zero attached hydrogens (tertiary/aromatic N) is 1. The van der Waals surface area contributed by atoms with Gasteiger partial charge < -0.3 is 10.4 Å². The van der Waals surface area contributed by atoms with E-state index in [1.165, 1.54) is 0 Å². The average molecular weight is 307 g/mol. The van der Waals surface area contributed by atoms with E-state index in [9.17, 15) is 9.90 Å². The monoisotopic (exact) mass is 307 g/mol. The molecule has 0 saturated heterocycles. The van der Waals surface area contributed by atoms with Gasteiger partial charge in [0.25, 0.3) is 5.91 Å². The molecule has 5 nitrogen and oxygen atoms in total. The van der Waals surface area contributed by atoms with Crippen molar-refractivity contribution in [3.05, 3.63) is 89.7 Å². The van der Waals surface area contributed by atoms with Crippen molar-refractivity contribution in [1.82, 2.24) is 15.5 Å². The second kappa shape index (κ2) is 6.46. The van der Waals surface area contributed by atoms with Crippen LogP contribution in [0.15, 0.2) is 72.9 Å². The van der Waals surface area contributed by atoms with Crippen molar-refractivity contribution in [2.45, 2.75) is 12.1 Å². The lowest BCUT2D eigenvalue weighted by atomic mass is 9.85. The maximum absolute atomic E-state index is 12.8. The van der Waals surface area contributed by atoms with Crippen LogP contribution >= 0.6 is 0 Å². The van der Waals surface area contributed by atoms with Crippen molar-refractivity contribution in [1.29, 1.82) is 0 Å². The summed E-state index contributed by atoms with van der Waals surface area (Å²) in [4.78, 5) is 12.8. The van der Waals surface area contributed by atoms with Crippen molar-refractivity contribution < 1.29 is 9.90 Å². The molecular weight excluding hydrogens is 290 g/mol. The molecule has 116 valence electrons. The van der Waals surface area contributed by atoms with E-state index in [0.717, 1.165) is 5.69 Å². The second-order valence-electron chi connectivity index (χ2n) is 5.21. The van der Waals surface area contributed by atoms with E-state index in [1.807, 2.05) is 12.1 Å². The minimum Gasteiger partial charge on any atom is -0.372 e. The minimum absolute atomic E-state index is 0.265. The normalized spacial score (nSPS) is 11.2. The Balaban J connectivity index is 1.93. The van der Waals surface area contributed by atoms with Crippen LogP contribution in [-0.4, -0.2) is 21.2 Å². The highest BCUT2D eigenvalue weighted by Crippen LogP contribution is 2.29. The number of H-pyrrole nitrogens is 1. The Kier molecular flexibility index (Phi) is 4.21. The molecule has 0 atom stereocenters. The number of aromatic amines is 1. The Labute approximate surface area is 134 Å². The molecule has 0 aliphatic carbocycles. The number of aromatic nitrogens is 2. The van der Waals surface area contributed by atoms with Crippen LogP contribution < -0.4 is 5.32 Å². The number of rotatable bonds is 5. The molecule has 23 heavy (non-hydrogen) atoms. The Morgan fingerprint density at radius 3 is 2.04 bits per heavy atom. The summed E-state index contributed by atoms with van der Waals surface area (Å²) in [5.41, 5.74) is 0.0613. The van der Waals surface area contributed by atoms with E-state index < -0.39 is 11.5 Å². The molecule has 2 aromatic carbocycles. The number of amides is 1. The third-order valence-corrected chi connectivity index (χ3v) is 3.71. The van der Waals surface area contributed by atoms with Gasteiger partial charge in [-0.3, -0.25) is 9.89 Å². The predicted octanol–water partition coefficient (Wildman–Crippen LogP) is 1.96. The highest BCUT2D eigenvalue weighted by molar-refractivity contribution is 5.90. The molecule has 1 aromatic heterocycles. The molecule has 0 bridgehead atoms. The Morgan fingerprint density at radius 1 is 1.00 bits per heavy atom. The first-order chi connectivity index (χ1) is 11.2. The summed E-state index contributed by atoms with van der Waals surface area (Å²) in [6.07, 6.45) is 1.61. The van der Waals surface area contributed by atoms with Crippen LogP contribution in [-0.2, 0) is 16.9 Å². The predicted molar refractivity (Wildman–Crippen MR) is 86.3 cm³/mol. The lowest BCUT2D eigenvalue weighted by molar-refractivity contribution is -0.136. The van der Waals surface area contributed by atoms with Gasteiger partial charge >= 0.3 is 0 Å². The molecule has 3 aromatic rings. The number of carbonyl (C=O) groups excluding carboxylic acids is 1. The fourth-order valence-electron chi connectivity index (χ4n) is 2.47. The van der Waals surface area contributed by atoms with Crippen LogP contribution in [0.1, 0.15) is 16.8 Å². The largest absolute Gasteiger partial charge is 0.372 e. The van der Waals surface area contributed by atoms with Crippen LogP contribution in [0, 0.1) is 0 Å². The van der Waals surface area contributed by atoms with E-state index in [1.54, 1.807) is 60.8 Å². The number of hydrogen-bond donors (Lipinski definition) is 3. The summed E-state index contributed by atoms with van der Waals surface area (Å²) in [6, 6.07) is 19.6. The van der Waals surface area contributed by atoms with E-state index in [-0.39, 0.29) is 6.54 Å². The zero-order valence-electron chi connectivity index (χ0n) is 12.4.